The molecular formula is C20H31N. The number of benzene rings is 1. The summed E-state index contributed by atoms with van der Waals surface area (Å²) in [7, 11) is 2.30. The summed E-state index contributed by atoms with van der Waals surface area (Å²) >= 11 is 0. The SMILES string of the molecule is CC(C)c1ccccc1C12CC(CN(C)C1)C2C(C)(C)C. The average Bonchev–Trinajstić information content (AvgIpc) is 2.35. The Hall–Kier alpha value is -0.820. The molecule has 0 spiro atoms. The minimum atomic E-state index is 0.386. The van der Waals surface area contributed by atoms with Crippen LogP contribution < -0.4 is 0 Å². The van der Waals surface area contributed by atoms with Crippen LogP contribution in [0.2, 0.25) is 0 Å². The number of piperidine rings is 2. The molecule has 4 rings (SSSR count). The van der Waals surface area contributed by atoms with E-state index in [1.165, 1.54) is 19.5 Å². The number of likely N-dealkylation sites (N-methyl/N-ethyl adjacent to an activating group) is 1. The highest BCUT2D eigenvalue weighted by molar-refractivity contribution is 5.42. The van der Waals surface area contributed by atoms with Gasteiger partial charge in [0.2, 0.25) is 0 Å². The van der Waals surface area contributed by atoms with Gasteiger partial charge < -0.3 is 4.90 Å². The Balaban J connectivity index is 2.10. The molecule has 0 amide bonds. The molecule has 3 atom stereocenters. The second kappa shape index (κ2) is 4.84. The van der Waals surface area contributed by atoms with Crippen molar-refractivity contribution in [3.8, 4) is 0 Å². The van der Waals surface area contributed by atoms with Crippen molar-refractivity contribution >= 4 is 0 Å². The van der Waals surface area contributed by atoms with Crippen molar-refractivity contribution in [3.05, 3.63) is 35.4 Å². The third-order valence-corrected chi connectivity index (χ3v) is 5.84. The third-order valence-electron chi connectivity index (χ3n) is 5.84. The van der Waals surface area contributed by atoms with Crippen molar-refractivity contribution in [2.24, 2.45) is 17.3 Å². The lowest BCUT2D eigenvalue weighted by molar-refractivity contribution is -0.117. The van der Waals surface area contributed by atoms with Crippen LogP contribution in [0.15, 0.2) is 24.3 Å². The molecular weight excluding hydrogens is 254 g/mol. The fraction of sp³-hybridized carbons (Fsp3) is 0.700. The summed E-state index contributed by atoms with van der Waals surface area (Å²) < 4.78 is 0. The van der Waals surface area contributed by atoms with Crippen molar-refractivity contribution in [1.82, 2.24) is 4.90 Å². The Morgan fingerprint density at radius 3 is 2.48 bits per heavy atom. The molecule has 3 aliphatic rings. The minimum absolute atomic E-state index is 0.386. The van der Waals surface area contributed by atoms with Gasteiger partial charge >= 0.3 is 0 Å². The maximum atomic E-state index is 2.56. The maximum Gasteiger partial charge on any atom is 0.0122 e. The summed E-state index contributed by atoms with van der Waals surface area (Å²) in [5.41, 5.74) is 3.99. The van der Waals surface area contributed by atoms with Gasteiger partial charge in [0, 0.05) is 18.5 Å². The largest absolute Gasteiger partial charge is 0.305 e. The van der Waals surface area contributed by atoms with E-state index in [4.69, 9.17) is 0 Å². The normalized spacial score (nSPS) is 33.1. The molecule has 3 fully saturated rings. The Morgan fingerprint density at radius 1 is 1.19 bits per heavy atom. The maximum absolute atomic E-state index is 2.56. The fourth-order valence-corrected chi connectivity index (χ4v) is 5.64. The first-order chi connectivity index (χ1) is 9.75. The molecule has 0 aromatic heterocycles. The van der Waals surface area contributed by atoms with Gasteiger partial charge in [-0.25, -0.2) is 0 Å². The molecule has 1 aromatic carbocycles. The molecule has 1 saturated carbocycles. The smallest absolute Gasteiger partial charge is 0.0122 e. The van der Waals surface area contributed by atoms with Gasteiger partial charge in [-0.05, 0) is 47.8 Å². The van der Waals surface area contributed by atoms with Crippen molar-refractivity contribution in [2.75, 3.05) is 20.1 Å². The summed E-state index contributed by atoms with van der Waals surface area (Å²) in [6.45, 7) is 14.5. The van der Waals surface area contributed by atoms with E-state index in [9.17, 15) is 0 Å². The van der Waals surface area contributed by atoms with E-state index in [1.807, 2.05) is 0 Å². The molecule has 2 heterocycles. The molecule has 21 heavy (non-hydrogen) atoms. The molecule has 0 N–H and O–H groups in total. The van der Waals surface area contributed by atoms with Crippen molar-refractivity contribution < 1.29 is 0 Å². The van der Waals surface area contributed by atoms with Crippen LogP contribution in [0.3, 0.4) is 0 Å². The van der Waals surface area contributed by atoms with Gasteiger partial charge in [-0.3, -0.25) is 0 Å². The van der Waals surface area contributed by atoms with E-state index >= 15 is 0 Å². The molecule has 2 aliphatic heterocycles. The van der Waals surface area contributed by atoms with Gasteiger partial charge in [-0.15, -0.1) is 0 Å². The van der Waals surface area contributed by atoms with Gasteiger partial charge in [-0.1, -0.05) is 58.9 Å². The van der Waals surface area contributed by atoms with E-state index in [-0.39, 0.29) is 0 Å². The molecule has 116 valence electrons. The van der Waals surface area contributed by atoms with Crippen molar-refractivity contribution in [2.45, 2.75) is 52.4 Å². The van der Waals surface area contributed by atoms with E-state index < -0.39 is 0 Å². The Kier molecular flexibility index (Phi) is 3.48. The lowest BCUT2D eigenvalue weighted by Crippen LogP contribution is -2.68. The lowest BCUT2D eigenvalue weighted by atomic mass is 9.42. The first kappa shape index (κ1) is 15.1. The predicted octanol–water partition coefficient (Wildman–Crippen LogP) is 4.68. The highest BCUT2D eigenvalue weighted by Gasteiger charge is 2.62. The average molecular weight is 285 g/mol. The first-order valence-electron chi connectivity index (χ1n) is 8.53. The van der Waals surface area contributed by atoms with Gasteiger partial charge in [-0.2, -0.15) is 0 Å². The van der Waals surface area contributed by atoms with Crippen molar-refractivity contribution in [3.63, 3.8) is 0 Å². The van der Waals surface area contributed by atoms with Crippen LogP contribution in [0.1, 0.15) is 58.1 Å². The van der Waals surface area contributed by atoms with Gasteiger partial charge in [0.15, 0.2) is 0 Å². The number of fused-ring (bicyclic) bond motifs is 2. The van der Waals surface area contributed by atoms with Gasteiger partial charge in [0.25, 0.3) is 0 Å². The van der Waals surface area contributed by atoms with Crippen molar-refractivity contribution in [1.29, 1.82) is 0 Å². The fourth-order valence-electron chi connectivity index (χ4n) is 5.64. The molecule has 1 aromatic rings. The Morgan fingerprint density at radius 2 is 1.86 bits per heavy atom. The number of nitrogens with zero attached hydrogens (tertiary/aromatic N) is 1. The zero-order valence-corrected chi connectivity index (χ0v) is 14.6. The van der Waals surface area contributed by atoms with Crippen LogP contribution in [0.4, 0.5) is 0 Å². The zero-order valence-electron chi connectivity index (χ0n) is 14.6. The lowest BCUT2D eigenvalue weighted by Gasteiger charge is -2.66. The number of rotatable bonds is 2. The molecule has 2 saturated heterocycles. The van der Waals surface area contributed by atoms with Crippen LogP contribution in [-0.2, 0) is 5.41 Å². The Bertz CT molecular complexity index is 525. The quantitative estimate of drug-likeness (QED) is 0.763. The highest BCUT2D eigenvalue weighted by atomic mass is 15.1. The summed E-state index contributed by atoms with van der Waals surface area (Å²) in [6.07, 6.45) is 1.39. The molecule has 1 nitrogen and oxygen atoms in total. The van der Waals surface area contributed by atoms with E-state index in [0.29, 0.717) is 16.7 Å². The molecule has 2 bridgehead atoms. The molecule has 3 unspecified atom stereocenters. The van der Waals surface area contributed by atoms with Gasteiger partial charge in [0.1, 0.15) is 0 Å². The van der Waals surface area contributed by atoms with Crippen LogP contribution >= 0.6 is 0 Å². The topological polar surface area (TPSA) is 3.24 Å². The zero-order chi connectivity index (χ0) is 15.4. The highest BCUT2D eigenvalue weighted by Crippen LogP contribution is 2.63. The predicted molar refractivity (Wildman–Crippen MR) is 90.8 cm³/mol. The summed E-state index contributed by atoms with van der Waals surface area (Å²) in [6, 6.07) is 9.24. The van der Waals surface area contributed by atoms with Crippen LogP contribution in [0.25, 0.3) is 0 Å². The minimum Gasteiger partial charge on any atom is -0.305 e. The number of hydrogen-bond acceptors (Lipinski definition) is 1. The summed E-state index contributed by atoms with van der Waals surface area (Å²) in [5, 5.41) is 0. The molecule has 1 aliphatic carbocycles. The molecule has 1 heteroatoms. The summed E-state index contributed by atoms with van der Waals surface area (Å²) in [4.78, 5) is 2.56. The van der Waals surface area contributed by atoms with E-state index in [1.54, 1.807) is 11.1 Å². The van der Waals surface area contributed by atoms with Gasteiger partial charge in [0.05, 0.1) is 0 Å². The van der Waals surface area contributed by atoms with Crippen LogP contribution in [0, 0.1) is 17.3 Å². The van der Waals surface area contributed by atoms with Crippen LogP contribution in [0.5, 0.6) is 0 Å². The second-order valence-corrected chi connectivity index (χ2v) is 8.90. The second-order valence-electron chi connectivity index (χ2n) is 8.90. The Labute approximate surface area is 130 Å². The van der Waals surface area contributed by atoms with E-state index in [0.717, 1.165) is 11.8 Å². The monoisotopic (exact) mass is 285 g/mol. The van der Waals surface area contributed by atoms with E-state index in [2.05, 4.69) is 70.8 Å². The summed E-state index contributed by atoms with van der Waals surface area (Å²) in [5.74, 6) is 2.31. The first-order valence-corrected chi connectivity index (χ1v) is 8.53. The third kappa shape index (κ3) is 2.25. The standard InChI is InChI=1S/C20H31N/c1-14(2)16-9-7-8-10-17(16)20-11-15(12-21(6)13-20)18(20)19(3,4)5/h7-10,14-15,18H,11-13H2,1-6H3. The molecule has 0 radical (unpaired) electrons. The number of hydrogen-bond donors (Lipinski definition) is 0. The van der Waals surface area contributed by atoms with Crippen LogP contribution in [-0.4, -0.2) is 25.0 Å².